The first-order valence-corrected chi connectivity index (χ1v) is 6.00. The molecule has 94 valence electrons. The van der Waals surface area contributed by atoms with Crippen LogP contribution in [0.2, 0.25) is 5.02 Å². The summed E-state index contributed by atoms with van der Waals surface area (Å²) in [6.07, 6.45) is 1.46. The third-order valence-electron chi connectivity index (χ3n) is 3.02. The predicted octanol–water partition coefficient (Wildman–Crippen LogP) is 2.88. The molecule has 1 heterocycles. The van der Waals surface area contributed by atoms with Gasteiger partial charge in [-0.25, -0.2) is 4.98 Å². The first-order chi connectivity index (χ1) is 8.41. The summed E-state index contributed by atoms with van der Waals surface area (Å²) in [6.45, 7) is 3.68. The third kappa shape index (κ3) is 2.33. The molecule has 0 fully saturated rings. The van der Waals surface area contributed by atoms with Crippen molar-refractivity contribution in [1.82, 2.24) is 4.98 Å². The van der Waals surface area contributed by atoms with Crippen molar-refractivity contribution in [2.75, 3.05) is 5.73 Å². The van der Waals surface area contributed by atoms with E-state index in [4.69, 9.17) is 17.3 Å². The lowest BCUT2D eigenvalue weighted by molar-refractivity contribution is 0.103. The maximum absolute atomic E-state index is 10.7. The Balaban J connectivity index is 2.53. The Labute approximate surface area is 111 Å². The SMILES string of the molecule is Cc1ccc(C(C)(O)c2cc(Cl)cnc2N)cc1. The van der Waals surface area contributed by atoms with Crippen molar-refractivity contribution in [3.8, 4) is 0 Å². The van der Waals surface area contributed by atoms with E-state index in [1.165, 1.54) is 6.20 Å². The molecule has 18 heavy (non-hydrogen) atoms. The average molecular weight is 263 g/mol. The van der Waals surface area contributed by atoms with E-state index in [1.54, 1.807) is 13.0 Å². The lowest BCUT2D eigenvalue weighted by atomic mass is 9.88. The molecule has 2 rings (SSSR count). The van der Waals surface area contributed by atoms with Gasteiger partial charge >= 0.3 is 0 Å². The van der Waals surface area contributed by atoms with Gasteiger partial charge in [0.2, 0.25) is 0 Å². The van der Waals surface area contributed by atoms with Crippen LogP contribution in [0, 0.1) is 6.92 Å². The van der Waals surface area contributed by atoms with E-state index in [0.717, 1.165) is 11.1 Å². The smallest absolute Gasteiger partial charge is 0.129 e. The number of nitrogen functional groups attached to an aromatic ring is 1. The highest BCUT2D eigenvalue weighted by Gasteiger charge is 2.28. The number of hydrogen-bond acceptors (Lipinski definition) is 3. The lowest BCUT2D eigenvalue weighted by Crippen LogP contribution is -2.24. The highest BCUT2D eigenvalue weighted by Crippen LogP contribution is 2.33. The summed E-state index contributed by atoms with van der Waals surface area (Å²) in [7, 11) is 0. The van der Waals surface area contributed by atoms with Gasteiger partial charge in [-0.2, -0.15) is 0 Å². The van der Waals surface area contributed by atoms with E-state index in [9.17, 15) is 5.11 Å². The number of aliphatic hydroxyl groups is 1. The Morgan fingerprint density at radius 3 is 2.50 bits per heavy atom. The molecule has 3 nitrogen and oxygen atoms in total. The topological polar surface area (TPSA) is 59.1 Å². The van der Waals surface area contributed by atoms with Crippen LogP contribution in [0.3, 0.4) is 0 Å². The Kier molecular flexibility index (Phi) is 3.28. The number of anilines is 1. The number of nitrogens with zero attached hydrogens (tertiary/aromatic N) is 1. The second kappa shape index (κ2) is 4.59. The zero-order valence-corrected chi connectivity index (χ0v) is 11.1. The number of aromatic nitrogens is 1. The molecular weight excluding hydrogens is 248 g/mol. The van der Waals surface area contributed by atoms with Crippen molar-refractivity contribution in [3.63, 3.8) is 0 Å². The molecule has 0 saturated heterocycles. The van der Waals surface area contributed by atoms with E-state index >= 15 is 0 Å². The fourth-order valence-corrected chi connectivity index (χ4v) is 2.03. The van der Waals surface area contributed by atoms with Gasteiger partial charge in [0.25, 0.3) is 0 Å². The highest BCUT2D eigenvalue weighted by molar-refractivity contribution is 6.30. The Bertz CT molecular complexity index is 565. The maximum atomic E-state index is 10.7. The van der Waals surface area contributed by atoms with Gasteiger partial charge in [-0.3, -0.25) is 0 Å². The van der Waals surface area contributed by atoms with Crippen molar-refractivity contribution in [2.45, 2.75) is 19.4 Å². The monoisotopic (exact) mass is 262 g/mol. The lowest BCUT2D eigenvalue weighted by Gasteiger charge is -2.25. The molecular formula is C14H15ClN2O. The predicted molar refractivity (Wildman–Crippen MR) is 73.5 cm³/mol. The standard InChI is InChI=1S/C14H15ClN2O/c1-9-3-5-10(6-4-9)14(2,18)12-7-11(15)8-17-13(12)16/h3-8,18H,1-2H3,(H2,16,17). The molecule has 2 aromatic rings. The number of pyridine rings is 1. The number of hydrogen-bond donors (Lipinski definition) is 2. The molecule has 0 aliphatic rings. The summed E-state index contributed by atoms with van der Waals surface area (Å²) in [5, 5.41) is 11.1. The van der Waals surface area contributed by atoms with Crippen LogP contribution < -0.4 is 5.73 Å². The number of nitrogens with two attached hydrogens (primary N) is 1. The molecule has 1 aromatic carbocycles. The second-order valence-corrected chi connectivity index (χ2v) is 4.96. The zero-order chi connectivity index (χ0) is 13.3. The maximum Gasteiger partial charge on any atom is 0.129 e. The molecule has 0 saturated carbocycles. The van der Waals surface area contributed by atoms with Gasteiger partial charge in [-0.1, -0.05) is 41.4 Å². The Morgan fingerprint density at radius 2 is 1.89 bits per heavy atom. The number of benzene rings is 1. The minimum absolute atomic E-state index is 0.282. The van der Waals surface area contributed by atoms with E-state index in [0.29, 0.717) is 10.6 Å². The minimum atomic E-state index is -1.21. The molecule has 3 N–H and O–H groups in total. The molecule has 4 heteroatoms. The van der Waals surface area contributed by atoms with Gasteiger partial charge in [-0.15, -0.1) is 0 Å². The van der Waals surface area contributed by atoms with Crippen LogP contribution in [-0.4, -0.2) is 10.1 Å². The molecule has 1 atom stereocenters. The minimum Gasteiger partial charge on any atom is -0.383 e. The van der Waals surface area contributed by atoms with Crippen LogP contribution >= 0.6 is 11.6 Å². The third-order valence-corrected chi connectivity index (χ3v) is 3.23. The Morgan fingerprint density at radius 1 is 1.28 bits per heavy atom. The van der Waals surface area contributed by atoms with Crippen LogP contribution in [0.15, 0.2) is 36.5 Å². The van der Waals surface area contributed by atoms with Crippen LogP contribution in [0.25, 0.3) is 0 Å². The molecule has 0 amide bonds. The molecule has 0 aliphatic heterocycles. The van der Waals surface area contributed by atoms with E-state index in [1.807, 2.05) is 31.2 Å². The quantitative estimate of drug-likeness (QED) is 0.875. The number of rotatable bonds is 2. The molecule has 1 unspecified atom stereocenters. The molecule has 0 radical (unpaired) electrons. The average Bonchev–Trinajstić information content (AvgIpc) is 2.32. The van der Waals surface area contributed by atoms with Gasteiger partial charge in [0.15, 0.2) is 0 Å². The van der Waals surface area contributed by atoms with Gasteiger partial charge < -0.3 is 10.8 Å². The zero-order valence-electron chi connectivity index (χ0n) is 10.3. The van der Waals surface area contributed by atoms with Crippen LogP contribution in [0.4, 0.5) is 5.82 Å². The van der Waals surface area contributed by atoms with Gasteiger partial charge in [0.05, 0.1) is 5.02 Å². The normalized spacial score (nSPS) is 14.2. The van der Waals surface area contributed by atoms with E-state index in [2.05, 4.69) is 4.98 Å². The summed E-state index contributed by atoms with van der Waals surface area (Å²) in [5.41, 5.74) is 7.00. The molecule has 0 bridgehead atoms. The van der Waals surface area contributed by atoms with E-state index in [-0.39, 0.29) is 5.82 Å². The summed E-state index contributed by atoms with van der Waals surface area (Å²) < 4.78 is 0. The fraction of sp³-hybridized carbons (Fsp3) is 0.214. The molecule has 1 aromatic heterocycles. The second-order valence-electron chi connectivity index (χ2n) is 4.52. The van der Waals surface area contributed by atoms with Gasteiger partial charge in [0, 0.05) is 11.8 Å². The van der Waals surface area contributed by atoms with Gasteiger partial charge in [-0.05, 0) is 25.5 Å². The number of halogens is 1. The van der Waals surface area contributed by atoms with Gasteiger partial charge in [0.1, 0.15) is 11.4 Å². The fourth-order valence-electron chi connectivity index (χ4n) is 1.87. The van der Waals surface area contributed by atoms with Crippen molar-refractivity contribution in [3.05, 3.63) is 58.2 Å². The van der Waals surface area contributed by atoms with Crippen molar-refractivity contribution in [2.24, 2.45) is 0 Å². The van der Waals surface area contributed by atoms with E-state index < -0.39 is 5.60 Å². The first kappa shape index (κ1) is 12.9. The highest BCUT2D eigenvalue weighted by atomic mass is 35.5. The largest absolute Gasteiger partial charge is 0.383 e. The summed E-state index contributed by atoms with van der Waals surface area (Å²) >= 11 is 5.91. The molecule has 0 spiro atoms. The summed E-state index contributed by atoms with van der Waals surface area (Å²) in [6, 6.07) is 9.27. The summed E-state index contributed by atoms with van der Waals surface area (Å²) in [5.74, 6) is 0.282. The van der Waals surface area contributed by atoms with Crippen LogP contribution in [-0.2, 0) is 5.60 Å². The first-order valence-electron chi connectivity index (χ1n) is 5.62. The van der Waals surface area contributed by atoms with Crippen molar-refractivity contribution >= 4 is 17.4 Å². The van der Waals surface area contributed by atoms with Crippen LogP contribution in [0.5, 0.6) is 0 Å². The van der Waals surface area contributed by atoms with Crippen molar-refractivity contribution in [1.29, 1.82) is 0 Å². The Hall–Kier alpha value is -1.58. The summed E-state index contributed by atoms with van der Waals surface area (Å²) in [4.78, 5) is 3.97. The number of aryl methyl sites for hydroxylation is 1. The van der Waals surface area contributed by atoms with Crippen molar-refractivity contribution < 1.29 is 5.11 Å². The molecule has 0 aliphatic carbocycles. The van der Waals surface area contributed by atoms with Crippen LogP contribution in [0.1, 0.15) is 23.6 Å².